The minimum absolute atomic E-state index is 0.0229. The quantitative estimate of drug-likeness (QED) is 0.700. The van der Waals surface area contributed by atoms with Crippen molar-refractivity contribution in [3.8, 4) is 0 Å². The Morgan fingerprint density at radius 3 is 2.67 bits per heavy atom. The molecule has 1 saturated carbocycles. The van der Waals surface area contributed by atoms with Crippen LogP contribution in [0.15, 0.2) is 42.5 Å². The van der Waals surface area contributed by atoms with Crippen molar-refractivity contribution < 1.29 is 20.1 Å². The van der Waals surface area contributed by atoms with Gasteiger partial charge in [-0.25, -0.2) is 0 Å². The number of rotatable bonds is 6. The number of carbonyl (C=O) groups is 1. The van der Waals surface area contributed by atoms with Gasteiger partial charge < -0.3 is 15.3 Å². The van der Waals surface area contributed by atoms with Crippen molar-refractivity contribution >= 4 is 5.97 Å². The molecule has 114 valence electrons. The lowest BCUT2D eigenvalue weighted by Gasteiger charge is -2.17. The molecule has 0 amide bonds. The Bertz CT molecular complexity index is 483. The fourth-order valence-electron chi connectivity index (χ4n) is 3.00. The minimum Gasteiger partial charge on any atom is -0.481 e. The van der Waals surface area contributed by atoms with Crippen LogP contribution in [-0.2, 0) is 11.2 Å². The molecule has 4 atom stereocenters. The molecule has 0 saturated heterocycles. The molecule has 0 bridgehead atoms. The van der Waals surface area contributed by atoms with Crippen molar-refractivity contribution in [1.29, 1.82) is 0 Å². The summed E-state index contributed by atoms with van der Waals surface area (Å²) < 4.78 is 0. The first-order valence-electron chi connectivity index (χ1n) is 7.36. The molecule has 1 aromatic rings. The first-order chi connectivity index (χ1) is 10.1. The maximum absolute atomic E-state index is 10.8. The molecule has 4 nitrogen and oxygen atoms in total. The number of carboxylic acids is 1. The van der Waals surface area contributed by atoms with Gasteiger partial charge in [0.25, 0.3) is 0 Å². The van der Waals surface area contributed by atoms with Gasteiger partial charge in [-0.15, -0.1) is 0 Å². The number of carboxylic acid groups (broad SMARTS) is 1. The molecular formula is C17H22O4. The van der Waals surface area contributed by atoms with E-state index in [1.165, 1.54) is 0 Å². The highest BCUT2D eigenvalue weighted by Crippen LogP contribution is 2.35. The molecule has 0 spiro atoms. The molecule has 3 N–H and O–H groups in total. The SMILES string of the molecule is O=C(O)C[C@H]1[C@@H](O)CC[C@@H]1/C=C/C(O)Cc1ccccc1. The number of hydrogen-bond donors (Lipinski definition) is 3. The monoisotopic (exact) mass is 290 g/mol. The Kier molecular flexibility index (Phi) is 5.53. The molecular weight excluding hydrogens is 268 g/mol. The highest BCUT2D eigenvalue weighted by Gasteiger charge is 2.34. The van der Waals surface area contributed by atoms with E-state index in [1.54, 1.807) is 6.08 Å². The summed E-state index contributed by atoms with van der Waals surface area (Å²) in [5.41, 5.74) is 1.06. The molecule has 1 aliphatic carbocycles. The van der Waals surface area contributed by atoms with E-state index in [1.807, 2.05) is 36.4 Å². The van der Waals surface area contributed by atoms with Crippen molar-refractivity contribution in [2.45, 2.75) is 37.9 Å². The molecule has 1 aliphatic rings. The van der Waals surface area contributed by atoms with Crippen molar-refractivity contribution in [3.63, 3.8) is 0 Å². The number of hydrogen-bond acceptors (Lipinski definition) is 3. The molecule has 1 unspecified atom stereocenters. The van der Waals surface area contributed by atoms with E-state index in [2.05, 4.69) is 0 Å². The van der Waals surface area contributed by atoms with Gasteiger partial charge in [0.1, 0.15) is 0 Å². The molecule has 2 rings (SSSR count). The van der Waals surface area contributed by atoms with Crippen LogP contribution in [0.3, 0.4) is 0 Å². The van der Waals surface area contributed by atoms with Crippen molar-refractivity contribution in [3.05, 3.63) is 48.0 Å². The van der Waals surface area contributed by atoms with E-state index >= 15 is 0 Å². The summed E-state index contributed by atoms with van der Waals surface area (Å²) in [5, 5.41) is 28.8. The van der Waals surface area contributed by atoms with Gasteiger partial charge >= 0.3 is 5.97 Å². The number of aliphatic carboxylic acids is 1. The van der Waals surface area contributed by atoms with Gasteiger partial charge in [-0.3, -0.25) is 4.79 Å². The van der Waals surface area contributed by atoms with Crippen LogP contribution in [0.5, 0.6) is 0 Å². The first-order valence-corrected chi connectivity index (χ1v) is 7.36. The molecule has 0 radical (unpaired) electrons. The second kappa shape index (κ2) is 7.38. The topological polar surface area (TPSA) is 77.8 Å². The lowest BCUT2D eigenvalue weighted by molar-refractivity contribution is -0.139. The van der Waals surface area contributed by atoms with E-state index in [0.29, 0.717) is 12.8 Å². The molecule has 0 aromatic heterocycles. The third kappa shape index (κ3) is 4.69. The lowest BCUT2D eigenvalue weighted by atomic mass is 9.90. The molecule has 21 heavy (non-hydrogen) atoms. The number of benzene rings is 1. The normalized spacial score (nSPS) is 27.0. The number of aliphatic hydroxyl groups excluding tert-OH is 2. The average Bonchev–Trinajstić information content (AvgIpc) is 2.78. The van der Waals surface area contributed by atoms with Crippen LogP contribution in [0, 0.1) is 11.8 Å². The maximum Gasteiger partial charge on any atom is 0.303 e. The van der Waals surface area contributed by atoms with E-state index in [-0.39, 0.29) is 18.3 Å². The largest absolute Gasteiger partial charge is 0.481 e. The van der Waals surface area contributed by atoms with Gasteiger partial charge in [-0.2, -0.15) is 0 Å². The predicted molar refractivity (Wildman–Crippen MR) is 79.8 cm³/mol. The minimum atomic E-state index is -0.885. The van der Waals surface area contributed by atoms with E-state index in [4.69, 9.17) is 5.11 Å². The first kappa shape index (κ1) is 15.7. The van der Waals surface area contributed by atoms with Crippen molar-refractivity contribution in [1.82, 2.24) is 0 Å². The summed E-state index contributed by atoms with van der Waals surface area (Å²) in [6, 6.07) is 9.72. The third-order valence-corrected chi connectivity index (χ3v) is 4.12. The Balaban J connectivity index is 1.91. The predicted octanol–water partition coefficient (Wildman–Crippen LogP) is 2.01. The van der Waals surface area contributed by atoms with Crippen molar-refractivity contribution in [2.24, 2.45) is 11.8 Å². The average molecular weight is 290 g/mol. The van der Waals surface area contributed by atoms with Crippen LogP contribution in [0.25, 0.3) is 0 Å². The maximum atomic E-state index is 10.8. The molecule has 0 heterocycles. The van der Waals surface area contributed by atoms with E-state index in [0.717, 1.165) is 12.0 Å². The standard InChI is InChI=1S/C17H22O4/c18-14(10-12-4-2-1-3-5-12)8-6-13-7-9-16(19)15(13)11-17(20)21/h1-6,8,13-16,18-19H,7,9-11H2,(H,20,21)/b8-6+/t13-,14?,15+,16-/m0/s1. The summed E-state index contributed by atoms with van der Waals surface area (Å²) in [5.74, 6) is -1.10. The molecule has 1 aromatic carbocycles. The van der Waals surface area contributed by atoms with Gasteiger partial charge in [0.05, 0.1) is 18.6 Å². The van der Waals surface area contributed by atoms with Crippen molar-refractivity contribution in [2.75, 3.05) is 0 Å². The number of allylic oxidation sites excluding steroid dienone is 1. The van der Waals surface area contributed by atoms with Gasteiger partial charge in [0, 0.05) is 12.3 Å². The van der Waals surface area contributed by atoms with Crippen LogP contribution >= 0.6 is 0 Å². The summed E-state index contributed by atoms with van der Waals surface area (Å²) in [7, 11) is 0. The van der Waals surface area contributed by atoms with Crippen LogP contribution in [0.2, 0.25) is 0 Å². The summed E-state index contributed by atoms with van der Waals surface area (Å²) in [6.45, 7) is 0. The fourth-order valence-corrected chi connectivity index (χ4v) is 3.00. The van der Waals surface area contributed by atoms with Crippen LogP contribution < -0.4 is 0 Å². The summed E-state index contributed by atoms with van der Waals surface area (Å²) in [4.78, 5) is 10.8. The highest BCUT2D eigenvalue weighted by atomic mass is 16.4. The number of aliphatic hydroxyl groups is 2. The van der Waals surface area contributed by atoms with Gasteiger partial charge in [-0.05, 0) is 24.3 Å². The van der Waals surface area contributed by atoms with Crippen LogP contribution in [0.1, 0.15) is 24.8 Å². The third-order valence-electron chi connectivity index (χ3n) is 4.12. The smallest absolute Gasteiger partial charge is 0.303 e. The second-order valence-corrected chi connectivity index (χ2v) is 5.71. The van der Waals surface area contributed by atoms with Gasteiger partial charge in [-0.1, -0.05) is 42.5 Å². The Hall–Kier alpha value is -1.65. The zero-order valence-corrected chi connectivity index (χ0v) is 11.9. The fraction of sp³-hybridized carbons (Fsp3) is 0.471. The zero-order chi connectivity index (χ0) is 15.2. The summed E-state index contributed by atoms with van der Waals surface area (Å²) in [6.07, 6.45) is 4.37. The molecule has 0 aliphatic heterocycles. The molecule has 1 fully saturated rings. The van der Waals surface area contributed by atoms with Gasteiger partial charge in [0.2, 0.25) is 0 Å². The van der Waals surface area contributed by atoms with Gasteiger partial charge in [0.15, 0.2) is 0 Å². The Morgan fingerprint density at radius 2 is 2.00 bits per heavy atom. The lowest BCUT2D eigenvalue weighted by Crippen LogP contribution is -2.21. The highest BCUT2D eigenvalue weighted by molar-refractivity contribution is 5.67. The Morgan fingerprint density at radius 1 is 1.29 bits per heavy atom. The summed E-state index contributed by atoms with van der Waals surface area (Å²) >= 11 is 0. The zero-order valence-electron chi connectivity index (χ0n) is 11.9. The van der Waals surface area contributed by atoms with E-state index in [9.17, 15) is 15.0 Å². The van der Waals surface area contributed by atoms with Crippen LogP contribution in [0.4, 0.5) is 0 Å². The van der Waals surface area contributed by atoms with Crippen LogP contribution in [-0.4, -0.2) is 33.5 Å². The molecule has 4 heteroatoms. The Labute approximate surface area is 124 Å². The van der Waals surface area contributed by atoms with E-state index < -0.39 is 18.2 Å². The second-order valence-electron chi connectivity index (χ2n) is 5.71.